The van der Waals surface area contributed by atoms with Crippen molar-refractivity contribution in [2.24, 2.45) is 0 Å². The fourth-order valence-corrected chi connectivity index (χ4v) is 3.74. The summed E-state index contributed by atoms with van der Waals surface area (Å²) in [7, 11) is -3.47. The molecule has 0 amide bonds. The van der Waals surface area contributed by atoms with Crippen LogP contribution in [-0.4, -0.2) is 27.2 Å². The zero-order valence-corrected chi connectivity index (χ0v) is 12.5. The van der Waals surface area contributed by atoms with Crippen LogP contribution in [0.4, 0.5) is 0 Å². The van der Waals surface area contributed by atoms with Crippen LogP contribution in [0, 0.1) is 6.92 Å². The maximum absolute atomic E-state index is 12.3. The van der Waals surface area contributed by atoms with Gasteiger partial charge < -0.3 is 4.74 Å². The molecule has 0 unspecified atom stereocenters. The summed E-state index contributed by atoms with van der Waals surface area (Å²) in [5, 5.41) is 0. The van der Waals surface area contributed by atoms with E-state index < -0.39 is 10.0 Å². The molecular formula is C15H21NO3S. The van der Waals surface area contributed by atoms with Gasteiger partial charge >= 0.3 is 0 Å². The fraction of sp³-hybridized carbons (Fsp3) is 0.467. The highest BCUT2D eigenvalue weighted by molar-refractivity contribution is 7.89. The number of nitrogens with one attached hydrogen (secondary N) is 1. The Balaban J connectivity index is 2.07. The molecule has 0 aliphatic heterocycles. The summed E-state index contributed by atoms with van der Waals surface area (Å²) in [4.78, 5) is 0.303. The van der Waals surface area contributed by atoms with Crippen LogP contribution in [0.1, 0.15) is 24.8 Å². The second-order valence-corrected chi connectivity index (χ2v) is 6.85. The minimum absolute atomic E-state index is 0.0618. The van der Waals surface area contributed by atoms with Crippen molar-refractivity contribution in [3.63, 3.8) is 0 Å². The minimum atomic E-state index is -3.47. The second-order valence-electron chi connectivity index (χ2n) is 5.13. The fourth-order valence-electron chi connectivity index (χ4n) is 2.44. The molecule has 1 N–H and O–H groups in total. The van der Waals surface area contributed by atoms with Crippen molar-refractivity contribution in [1.29, 1.82) is 0 Å². The van der Waals surface area contributed by atoms with Crippen LogP contribution in [0.2, 0.25) is 0 Å². The maximum atomic E-state index is 12.3. The van der Waals surface area contributed by atoms with Crippen molar-refractivity contribution in [3.8, 4) is 0 Å². The quantitative estimate of drug-likeness (QED) is 0.820. The third kappa shape index (κ3) is 3.69. The lowest BCUT2D eigenvalue weighted by atomic mass is 10.2. The van der Waals surface area contributed by atoms with E-state index in [0.717, 1.165) is 24.8 Å². The molecule has 0 heterocycles. The van der Waals surface area contributed by atoms with Gasteiger partial charge in [-0.2, -0.15) is 0 Å². The number of rotatable bonds is 6. The van der Waals surface area contributed by atoms with E-state index in [1.54, 1.807) is 30.3 Å². The Morgan fingerprint density at radius 3 is 2.70 bits per heavy atom. The number of benzene rings is 1. The van der Waals surface area contributed by atoms with Gasteiger partial charge in [-0.25, -0.2) is 13.1 Å². The Kier molecular flexibility index (Phi) is 4.96. The van der Waals surface area contributed by atoms with Crippen LogP contribution in [-0.2, 0) is 14.8 Å². The van der Waals surface area contributed by atoms with Crippen LogP contribution >= 0.6 is 0 Å². The molecule has 0 bridgehead atoms. The Bertz CT molecular complexity index is 551. The first-order chi connectivity index (χ1) is 9.53. The molecule has 2 rings (SSSR count). The van der Waals surface area contributed by atoms with Crippen molar-refractivity contribution in [3.05, 3.63) is 42.5 Å². The van der Waals surface area contributed by atoms with Gasteiger partial charge in [0.2, 0.25) is 10.0 Å². The summed E-state index contributed by atoms with van der Waals surface area (Å²) < 4.78 is 33.0. The van der Waals surface area contributed by atoms with Gasteiger partial charge in [-0.05, 0) is 38.3 Å². The predicted molar refractivity (Wildman–Crippen MR) is 79.1 cm³/mol. The van der Waals surface area contributed by atoms with Gasteiger partial charge in [-0.15, -0.1) is 6.58 Å². The van der Waals surface area contributed by atoms with E-state index in [1.807, 2.05) is 6.92 Å². The summed E-state index contributed by atoms with van der Waals surface area (Å²) in [6.07, 6.45) is 4.29. The first kappa shape index (κ1) is 15.2. The first-order valence-electron chi connectivity index (χ1n) is 6.84. The van der Waals surface area contributed by atoms with Gasteiger partial charge in [0.05, 0.1) is 17.6 Å². The molecule has 1 aliphatic carbocycles. The number of hydrogen-bond acceptors (Lipinski definition) is 3. The summed E-state index contributed by atoms with van der Waals surface area (Å²) in [5.41, 5.74) is 1.04. The molecule has 1 fully saturated rings. The van der Waals surface area contributed by atoms with Crippen LogP contribution in [0.15, 0.2) is 41.8 Å². The van der Waals surface area contributed by atoms with Gasteiger partial charge in [-0.3, -0.25) is 0 Å². The number of hydrogen-bond donors (Lipinski definition) is 1. The maximum Gasteiger partial charge on any atom is 0.240 e. The SMILES string of the molecule is C=CCO[C@@H]1CCC[C@H]1NS(=O)(=O)c1ccc(C)cc1. The standard InChI is InChI=1S/C15H21NO3S/c1-3-11-19-15-6-4-5-14(15)16-20(17,18)13-9-7-12(2)8-10-13/h3,7-10,14-16H,1,4-6,11H2,2H3/t14-,15-/m1/s1. The van der Waals surface area contributed by atoms with E-state index in [0.29, 0.717) is 11.5 Å². The molecule has 4 nitrogen and oxygen atoms in total. The van der Waals surface area contributed by atoms with E-state index in [4.69, 9.17) is 4.74 Å². The number of ether oxygens (including phenoxy) is 1. The lowest BCUT2D eigenvalue weighted by molar-refractivity contribution is 0.0648. The van der Waals surface area contributed by atoms with Crippen molar-refractivity contribution in [1.82, 2.24) is 4.72 Å². The van der Waals surface area contributed by atoms with Crippen molar-refractivity contribution < 1.29 is 13.2 Å². The molecular weight excluding hydrogens is 274 g/mol. The molecule has 1 aromatic carbocycles. The molecule has 0 radical (unpaired) electrons. The molecule has 1 aliphatic rings. The van der Waals surface area contributed by atoms with Crippen molar-refractivity contribution >= 4 is 10.0 Å². The Morgan fingerprint density at radius 1 is 1.35 bits per heavy atom. The van der Waals surface area contributed by atoms with Gasteiger partial charge in [0.25, 0.3) is 0 Å². The summed E-state index contributed by atoms with van der Waals surface area (Å²) in [6, 6.07) is 6.71. The van der Waals surface area contributed by atoms with E-state index in [1.165, 1.54) is 0 Å². The van der Waals surface area contributed by atoms with E-state index in [2.05, 4.69) is 11.3 Å². The van der Waals surface area contributed by atoms with Gasteiger partial charge in [0.15, 0.2) is 0 Å². The van der Waals surface area contributed by atoms with Crippen LogP contribution in [0.5, 0.6) is 0 Å². The molecule has 1 aromatic rings. The Labute approximate surface area is 120 Å². The summed E-state index contributed by atoms with van der Waals surface area (Å²) >= 11 is 0. The number of aryl methyl sites for hydroxylation is 1. The highest BCUT2D eigenvalue weighted by atomic mass is 32.2. The third-order valence-electron chi connectivity index (χ3n) is 3.52. The van der Waals surface area contributed by atoms with E-state index in [9.17, 15) is 8.42 Å². The van der Waals surface area contributed by atoms with E-state index in [-0.39, 0.29) is 12.1 Å². The average molecular weight is 295 g/mol. The molecule has 0 saturated heterocycles. The molecule has 110 valence electrons. The predicted octanol–water partition coefficient (Wildman–Crippen LogP) is 2.40. The monoisotopic (exact) mass is 295 g/mol. The highest BCUT2D eigenvalue weighted by Gasteiger charge is 2.31. The number of sulfonamides is 1. The minimum Gasteiger partial charge on any atom is -0.373 e. The summed E-state index contributed by atoms with van der Waals surface area (Å²) in [5.74, 6) is 0. The van der Waals surface area contributed by atoms with Gasteiger partial charge in [-0.1, -0.05) is 23.8 Å². The van der Waals surface area contributed by atoms with Crippen molar-refractivity contribution in [2.75, 3.05) is 6.61 Å². The Morgan fingerprint density at radius 2 is 2.05 bits per heavy atom. The first-order valence-corrected chi connectivity index (χ1v) is 8.33. The van der Waals surface area contributed by atoms with Crippen LogP contribution in [0.25, 0.3) is 0 Å². The molecule has 2 atom stereocenters. The van der Waals surface area contributed by atoms with Crippen LogP contribution < -0.4 is 4.72 Å². The smallest absolute Gasteiger partial charge is 0.240 e. The molecule has 0 spiro atoms. The summed E-state index contributed by atoms with van der Waals surface area (Å²) in [6.45, 7) is 6.00. The topological polar surface area (TPSA) is 55.4 Å². The lowest BCUT2D eigenvalue weighted by Gasteiger charge is -2.20. The Hall–Kier alpha value is -1.17. The average Bonchev–Trinajstić information content (AvgIpc) is 2.83. The zero-order chi connectivity index (χ0) is 14.6. The van der Waals surface area contributed by atoms with E-state index >= 15 is 0 Å². The lowest BCUT2D eigenvalue weighted by Crippen LogP contribution is -2.41. The second kappa shape index (κ2) is 6.52. The zero-order valence-electron chi connectivity index (χ0n) is 11.7. The van der Waals surface area contributed by atoms with Gasteiger partial charge in [0.1, 0.15) is 0 Å². The van der Waals surface area contributed by atoms with Crippen LogP contribution in [0.3, 0.4) is 0 Å². The molecule has 5 heteroatoms. The van der Waals surface area contributed by atoms with Gasteiger partial charge in [0, 0.05) is 6.04 Å². The molecule has 0 aromatic heterocycles. The molecule has 1 saturated carbocycles. The van der Waals surface area contributed by atoms with Crippen molar-refractivity contribution in [2.45, 2.75) is 43.2 Å². The molecule has 20 heavy (non-hydrogen) atoms. The normalized spacial score (nSPS) is 22.9. The third-order valence-corrected chi connectivity index (χ3v) is 5.02. The highest BCUT2D eigenvalue weighted by Crippen LogP contribution is 2.24. The largest absolute Gasteiger partial charge is 0.373 e.